The van der Waals surface area contributed by atoms with E-state index in [-0.39, 0.29) is 6.04 Å². The molecule has 3 nitrogen and oxygen atoms in total. The van der Waals surface area contributed by atoms with Gasteiger partial charge in [-0.1, -0.05) is 38.8 Å². The third-order valence-corrected chi connectivity index (χ3v) is 4.18. The highest BCUT2D eigenvalue weighted by Crippen LogP contribution is 2.26. The summed E-state index contributed by atoms with van der Waals surface area (Å²) in [6.45, 7) is 6.16. The molecule has 1 aromatic heterocycles. The Balaban J connectivity index is 2.26. The van der Waals surface area contributed by atoms with E-state index in [9.17, 15) is 0 Å². The van der Waals surface area contributed by atoms with Crippen molar-refractivity contribution in [3.05, 3.63) is 50.9 Å². The molecule has 0 saturated carbocycles. The van der Waals surface area contributed by atoms with Gasteiger partial charge in [0.05, 0.1) is 0 Å². The largest absolute Gasteiger partial charge is 0.335 e. The number of hydrogen-bond donors (Lipinski definition) is 1. The predicted molar refractivity (Wildman–Crippen MR) is 89.9 cm³/mol. The maximum atomic E-state index is 4.48. The molecule has 0 amide bonds. The molecular weight excluding hydrogens is 382 g/mol. The Labute approximate surface area is 137 Å². The van der Waals surface area contributed by atoms with Crippen molar-refractivity contribution in [2.75, 3.05) is 6.54 Å². The zero-order valence-corrected chi connectivity index (χ0v) is 14.9. The van der Waals surface area contributed by atoms with Crippen LogP contribution in [0, 0.1) is 0 Å². The van der Waals surface area contributed by atoms with E-state index >= 15 is 0 Å². The Morgan fingerprint density at radius 3 is 2.50 bits per heavy atom. The van der Waals surface area contributed by atoms with Gasteiger partial charge in [0.2, 0.25) is 0 Å². The minimum atomic E-state index is 0.265. The highest BCUT2D eigenvalue weighted by atomic mass is 79.9. The van der Waals surface area contributed by atoms with Crippen LogP contribution in [-0.2, 0) is 13.0 Å². The second-order valence-corrected chi connectivity index (χ2v) is 6.48. The Bertz CT molecular complexity index is 546. The number of likely N-dealkylation sites (N-methyl/N-ethyl adjacent to an activating group) is 1. The van der Waals surface area contributed by atoms with Gasteiger partial charge in [-0.2, -0.15) is 0 Å². The van der Waals surface area contributed by atoms with Crippen molar-refractivity contribution in [2.45, 2.75) is 32.9 Å². The summed E-state index contributed by atoms with van der Waals surface area (Å²) < 4.78 is 4.37. The number of nitrogens with one attached hydrogen (secondary N) is 1. The highest BCUT2D eigenvalue weighted by molar-refractivity contribution is 9.11. The summed E-state index contributed by atoms with van der Waals surface area (Å²) in [5, 5.41) is 3.55. The van der Waals surface area contributed by atoms with Crippen LogP contribution >= 0.6 is 31.9 Å². The Morgan fingerprint density at radius 1 is 1.20 bits per heavy atom. The maximum absolute atomic E-state index is 4.48. The summed E-state index contributed by atoms with van der Waals surface area (Å²) in [5.41, 5.74) is 1.26. The Hall–Kier alpha value is -0.650. The molecule has 0 aliphatic carbocycles. The van der Waals surface area contributed by atoms with Gasteiger partial charge in [-0.15, -0.1) is 0 Å². The van der Waals surface area contributed by atoms with Crippen molar-refractivity contribution in [3.8, 4) is 0 Å². The van der Waals surface area contributed by atoms with Gasteiger partial charge >= 0.3 is 0 Å². The molecular formula is C15H19Br2N3. The van der Waals surface area contributed by atoms with Gasteiger partial charge in [0, 0.05) is 40.3 Å². The lowest BCUT2D eigenvalue weighted by atomic mass is 10.0. The van der Waals surface area contributed by atoms with Crippen LogP contribution in [0.15, 0.2) is 39.5 Å². The van der Waals surface area contributed by atoms with Gasteiger partial charge < -0.3 is 9.88 Å². The molecule has 0 saturated heterocycles. The molecule has 1 heterocycles. The van der Waals surface area contributed by atoms with Gasteiger partial charge in [-0.25, -0.2) is 4.98 Å². The SMILES string of the molecule is CCNC(Cc1nccn1CC)c1cc(Br)cc(Br)c1. The van der Waals surface area contributed by atoms with Crippen LogP contribution in [0.3, 0.4) is 0 Å². The van der Waals surface area contributed by atoms with Crippen LogP contribution in [0.1, 0.15) is 31.3 Å². The molecule has 1 N–H and O–H groups in total. The fourth-order valence-electron chi connectivity index (χ4n) is 2.33. The van der Waals surface area contributed by atoms with Crippen molar-refractivity contribution in [3.63, 3.8) is 0 Å². The molecule has 0 fully saturated rings. The van der Waals surface area contributed by atoms with Gasteiger partial charge in [0.15, 0.2) is 0 Å². The standard InChI is InChI=1S/C15H19Br2N3/c1-3-18-14(10-15-19-5-6-20(15)4-2)11-7-12(16)9-13(17)8-11/h5-9,14,18H,3-4,10H2,1-2H3. The van der Waals surface area contributed by atoms with Crippen LogP contribution in [0.2, 0.25) is 0 Å². The van der Waals surface area contributed by atoms with Gasteiger partial charge in [0.1, 0.15) is 5.82 Å². The number of nitrogens with zero attached hydrogens (tertiary/aromatic N) is 2. The Kier molecular flexibility index (Phi) is 5.81. The summed E-state index contributed by atoms with van der Waals surface area (Å²) in [5.74, 6) is 1.12. The quantitative estimate of drug-likeness (QED) is 0.782. The lowest BCUT2D eigenvalue weighted by Crippen LogP contribution is -2.24. The van der Waals surface area contributed by atoms with Gasteiger partial charge in [-0.05, 0) is 37.2 Å². The zero-order valence-electron chi connectivity index (χ0n) is 11.7. The van der Waals surface area contributed by atoms with E-state index < -0.39 is 0 Å². The lowest BCUT2D eigenvalue weighted by molar-refractivity contribution is 0.522. The monoisotopic (exact) mass is 399 g/mol. The zero-order chi connectivity index (χ0) is 14.5. The van der Waals surface area contributed by atoms with E-state index in [2.05, 4.69) is 78.8 Å². The molecule has 2 rings (SSSR count). The number of benzene rings is 1. The van der Waals surface area contributed by atoms with E-state index in [0.29, 0.717) is 0 Å². The number of aromatic nitrogens is 2. The topological polar surface area (TPSA) is 29.9 Å². The molecule has 1 unspecified atom stereocenters. The van der Waals surface area contributed by atoms with Gasteiger partial charge in [0.25, 0.3) is 0 Å². The van der Waals surface area contributed by atoms with Crippen molar-refractivity contribution < 1.29 is 0 Å². The van der Waals surface area contributed by atoms with Crippen molar-refractivity contribution in [1.82, 2.24) is 14.9 Å². The average molecular weight is 401 g/mol. The predicted octanol–water partition coefficient (Wildman–Crippen LogP) is 4.32. The molecule has 0 radical (unpaired) electrons. The molecule has 0 aliphatic rings. The van der Waals surface area contributed by atoms with Crippen LogP contribution in [-0.4, -0.2) is 16.1 Å². The molecule has 2 aromatic rings. The Morgan fingerprint density at radius 2 is 1.90 bits per heavy atom. The van der Waals surface area contributed by atoms with Crippen LogP contribution in [0.5, 0.6) is 0 Å². The smallest absolute Gasteiger partial charge is 0.110 e. The summed E-state index contributed by atoms with van der Waals surface area (Å²) in [6, 6.07) is 6.65. The van der Waals surface area contributed by atoms with Crippen molar-refractivity contribution >= 4 is 31.9 Å². The molecule has 5 heteroatoms. The fourth-order valence-corrected chi connectivity index (χ4v) is 3.66. The first-order chi connectivity index (χ1) is 9.63. The van der Waals surface area contributed by atoms with E-state index in [1.54, 1.807) is 0 Å². The molecule has 0 spiro atoms. The van der Waals surface area contributed by atoms with E-state index in [1.165, 1.54) is 5.56 Å². The molecule has 1 atom stereocenters. The van der Waals surface area contributed by atoms with Crippen molar-refractivity contribution in [1.29, 1.82) is 0 Å². The van der Waals surface area contributed by atoms with Crippen molar-refractivity contribution in [2.24, 2.45) is 0 Å². The lowest BCUT2D eigenvalue weighted by Gasteiger charge is -2.19. The summed E-state index contributed by atoms with van der Waals surface area (Å²) in [4.78, 5) is 4.48. The second-order valence-electron chi connectivity index (χ2n) is 4.65. The first kappa shape index (κ1) is 15.7. The van der Waals surface area contributed by atoms with Crippen LogP contribution in [0.4, 0.5) is 0 Å². The number of halogens is 2. The third kappa shape index (κ3) is 3.93. The first-order valence-corrected chi connectivity index (χ1v) is 8.42. The number of aryl methyl sites for hydroxylation is 1. The normalized spacial score (nSPS) is 12.6. The number of imidazole rings is 1. The number of hydrogen-bond acceptors (Lipinski definition) is 2. The molecule has 108 valence electrons. The first-order valence-electron chi connectivity index (χ1n) is 6.83. The molecule has 1 aromatic carbocycles. The third-order valence-electron chi connectivity index (χ3n) is 3.27. The summed E-state index contributed by atoms with van der Waals surface area (Å²) in [7, 11) is 0. The molecule has 0 aliphatic heterocycles. The number of rotatable bonds is 6. The average Bonchev–Trinajstić information content (AvgIpc) is 2.84. The molecule has 0 bridgehead atoms. The van der Waals surface area contributed by atoms with Crippen LogP contribution in [0.25, 0.3) is 0 Å². The molecule has 20 heavy (non-hydrogen) atoms. The van der Waals surface area contributed by atoms with Gasteiger partial charge in [-0.3, -0.25) is 0 Å². The van der Waals surface area contributed by atoms with E-state index in [4.69, 9.17) is 0 Å². The van der Waals surface area contributed by atoms with E-state index in [1.807, 2.05) is 12.4 Å². The second kappa shape index (κ2) is 7.38. The summed E-state index contributed by atoms with van der Waals surface area (Å²) in [6.07, 6.45) is 4.80. The fraction of sp³-hybridized carbons (Fsp3) is 0.400. The minimum absolute atomic E-state index is 0.265. The van der Waals surface area contributed by atoms with Crippen LogP contribution < -0.4 is 5.32 Å². The highest BCUT2D eigenvalue weighted by Gasteiger charge is 2.15. The summed E-state index contributed by atoms with van der Waals surface area (Å²) >= 11 is 7.12. The minimum Gasteiger partial charge on any atom is -0.335 e. The van der Waals surface area contributed by atoms with E-state index in [0.717, 1.165) is 34.3 Å². The maximum Gasteiger partial charge on any atom is 0.110 e.